The summed E-state index contributed by atoms with van der Waals surface area (Å²) in [5, 5.41) is 8.26. The SMILES string of the molecule is CCOC(=O)c1cnc2c(cnn2C)c1Nc1ccccc1. The van der Waals surface area contributed by atoms with Crippen LogP contribution in [0.2, 0.25) is 0 Å². The maximum atomic E-state index is 12.2. The summed E-state index contributed by atoms with van der Waals surface area (Å²) in [5.41, 5.74) is 2.63. The Kier molecular flexibility index (Phi) is 3.74. The van der Waals surface area contributed by atoms with Crippen LogP contribution in [0.3, 0.4) is 0 Å². The Balaban J connectivity index is 2.14. The van der Waals surface area contributed by atoms with Crippen LogP contribution in [0.4, 0.5) is 11.4 Å². The molecule has 2 aromatic heterocycles. The van der Waals surface area contributed by atoms with Crippen molar-refractivity contribution in [2.24, 2.45) is 7.05 Å². The number of anilines is 2. The van der Waals surface area contributed by atoms with Gasteiger partial charge in [-0.15, -0.1) is 0 Å². The van der Waals surface area contributed by atoms with Crippen LogP contribution < -0.4 is 5.32 Å². The first-order chi connectivity index (χ1) is 10.7. The Morgan fingerprint density at radius 1 is 1.27 bits per heavy atom. The monoisotopic (exact) mass is 296 g/mol. The van der Waals surface area contributed by atoms with Crippen LogP contribution in [-0.2, 0) is 11.8 Å². The molecule has 0 bridgehead atoms. The number of carbonyl (C=O) groups is 1. The number of para-hydroxylation sites is 1. The average molecular weight is 296 g/mol. The molecule has 0 aliphatic rings. The molecule has 0 amide bonds. The van der Waals surface area contributed by atoms with Gasteiger partial charge in [0.05, 0.1) is 23.9 Å². The maximum absolute atomic E-state index is 12.2. The third-order valence-corrected chi connectivity index (χ3v) is 3.30. The topological polar surface area (TPSA) is 69.0 Å². The number of pyridine rings is 1. The summed E-state index contributed by atoms with van der Waals surface area (Å²) < 4.78 is 6.78. The molecule has 6 nitrogen and oxygen atoms in total. The van der Waals surface area contributed by atoms with Crippen molar-refractivity contribution in [3.8, 4) is 0 Å². The second-order valence-corrected chi connectivity index (χ2v) is 4.76. The lowest BCUT2D eigenvalue weighted by Gasteiger charge is -2.12. The highest BCUT2D eigenvalue weighted by atomic mass is 16.5. The smallest absolute Gasteiger partial charge is 0.341 e. The molecule has 2 heterocycles. The molecule has 0 unspecified atom stereocenters. The highest BCUT2D eigenvalue weighted by Gasteiger charge is 2.18. The number of aryl methyl sites for hydroxylation is 1. The fourth-order valence-corrected chi connectivity index (χ4v) is 2.26. The van der Waals surface area contributed by atoms with Crippen LogP contribution in [0, 0.1) is 0 Å². The van der Waals surface area contributed by atoms with Gasteiger partial charge in [0, 0.05) is 18.9 Å². The Bertz CT molecular complexity index is 812. The minimum Gasteiger partial charge on any atom is -0.462 e. The van der Waals surface area contributed by atoms with E-state index in [0.29, 0.717) is 23.5 Å². The predicted molar refractivity (Wildman–Crippen MR) is 84.2 cm³/mol. The quantitative estimate of drug-likeness (QED) is 0.750. The van der Waals surface area contributed by atoms with Crippen LogP contribution >= 0.6 is 0 Å². The lowest BCUT2D eigenvalue weighted by atomic mass is 10.1. The van der Waals surface area contributed by atoms with E-state index in [-0.39, 0.29) is 0 Å². The Hall–Kier alpha value is -2.89. The lowest BCUT2D eigenvalue weighted by Crippen LogP contribution is -2.09. The average Bonchev–Trinajstić information content (AvgIpc) is 2.91. The Morgan fingerprint density at radius 3 is 2.77 bits per heavy atom. The molecule has 0 saturated heterocycles. The van der Waals surface area contributed by atoms with Crippen molar-refractivity contribution >= 4 is 28.4 Å². The highest BCUT2D eigenvalue weighted by molar-refractivity contribution is 6.05. The third-order valence-electron chi connectivity index (χ3n) is 3.30. The molecule has 0 atom stereocenters. The standard InChI is InChI=1S/C16H16N4O2/c1-3-22-16(21)13-9-17-15-12(10-18-20(15)2)14(13)19-11-7-5-4-6-8-11/h4-10H,3H2,1-2H3,(H,17,19). The second kappa shape index (κ2) is 5.85. The number of nitrogens with one attached hydrogen (secondary N) is 1. The van der Waals surface area contributed by atoms with E-state index >= 15 is 0 Å². The number of carbonyl (C=O) groups excluding carboxylic acids is 1. The van der Waals surface area contributed by atoms with E-state index in [1.54, 1.807) is 17.8 Å². The molecule has 0 saturated carbocycles. The summed E-state index contributed by atoms with van der Waals surface area (Å²) in [6, 6.07) is 9.64. The van der Waals surface area contributed by atoms with Gasteiger partial charge >= 0.3 is 5.97 Å². The normalized spacial score (nSPS) is 10.6. The van der Waals surface area contributed by atoms with Gasteiger partial charge in [0.1, 0.15) is 5.56 Å². The number of hydrogen-bond acceptors (Lipinski definition) is 5. The number of fused-ring (bicyclic) bond motifs is 1. The van der Waals surface area contributed by atoms with Crippen LogP contribution in [0.1, 0.15) is 17.3 Å². The van der Waals surface area contributed by atoms with E-state index in [4.69, 9.17) is 4.74 Å². The van der Waals surface area contributed by atoms with E-state index in [9.17, 15) is 4.79 Å². The summed E-state index contributed by atoms with van der Waals surface area (Å²) in [4.78, 5) is 16.5. The molecule has 6 heteroatoms. The summed E-state index contributed by atoms with van der Waals surface area (Å²) in [6.07, 6.45) is 3.21. The van der Waals surface area contributed by atoms with Gasteiger partial charge in [-0.25, -0.2) is 9.78 Å². The largest absolute Gasteiger partial charge is 0.462 e. The molecule has 0 aliphatic heterocycles. The van der Waals surface area contributed by atoms with Crippen molar-refractivity contribution < 1.29 is 9.53 Å². The number of hydrogen-bond donors (Lipinski definition) is 1. The van der Waals surface area contributed by atoms with Gasteiger partial charge in [0.15, 0.2) is 5.65 Å². The van der Waals surface area contributed by atoms with Crippen molar-refractivity contribution in [1.29, 1.82) is 0 Å². The third kappa shape index (κ3) is 2.50. The first kappa shape index (κ1) is 14.1. The number of benzene rings is 1. The second-order valence-electron chi connectivity index (χ2n) is 4.76. The van der Waals surface area contributed by atoms with Gasteiger partial charge < -0.3 is 10.1 Å². The van der Waals surface area contributed by atoms with Crippen molar-refractivity contribution in [2.45, 2.75) is 6.92 Å². The van der Waals surface area contributed by atoms with E-state index in [1.807, 2.05) is 37.4 Å². The summed E-state index contributed by atoms with van der Waals surface area (Å²) in [6.45, 7) is 2.09. The van der Waals surface area contributed by atoms with Gasteiger partial charge in [-0.2, -0.15) is 5.10 Å². The number of rotatable bonds is 4. The summed E-state index contributed by atoms with van der Waals surface area (Å²) in [5.74, 6) is -0.404. The molecule has 22 heavy (non-hydrogen) atoms. The van der Waals surface area contributed by atoms with Gasteiger partial charge in [-0.05, 0) is 19.1 Å². The fraction of sp³-hybridized carbons (Fsp3) is 0.188. The summed E-state index contributed by atoms with van der Waals surface area (Å²) in [7, 11) is 1.81. The van der Waals surface area contributed by atoms with Crippen molar-refractivity contribution in [3.63, 3.8) is 0 Å². The minimum absolute atomic E-state index is 0.314. The molecule has 0 fully saturated rings. The first-order valence-corrected chi connectivity index (χ1v) is 7.00. The van der Waals surface area contributed by atoms with E-state index < -0.39 is 5.97 Å². The summed E-state index contributed by atoms with van der Waals surface area (Å²) >= 11 is 0. The van der Waals surface area contributed by atoms with E-state index in [2.05, 4.69) is 15.4 Å². The van der Waals surface area contributed by atoms with Crippen LogP contribution in [0.5, 0.6) is 0 Å². The van der Waals surface area contributed by atoms with E-state index in [1.165, 1.54) is 6.20 Å². The van der Waals surface area contributed by atoms with Crippen molar-refractivity contribution in [1.82, 2.24) is 14.8 Å². The van der Waals surface area contributed by atoms with E-state index in [0.717, 1.165) is 11.1 Å². The minimum atomic E-state index is -0.404. The van der Waals surface area contributed by atoms with Crippen molar-refractivity contribution in [3.05, 3.63) is 48.3 Å². The fourth-order valence-electron chi connectivity index (χ4n) is 2.26. The zero-order valence-electron chi connectivity index (χ0n) is 12.4. The van der Waals surface area contributed by atoms with Crippen LogP contribution in [-0.4, -0.2) is 27.3 Å². The molecule has 3 rings (SSSR count). The number of ether oxygens (including phenoxy) is 1. The molecule has 1 N–H and O–H groups in total. The van der Waals surface area contributed by atoms with Gasteiger partial charge in [-0.1, -0.05) is 18.2 Å². The molecule has 0 spiro atoms. The number of esters is 1. The molecule has 0 aliphatic carbocycles. The Morgan fingerprint density at radius 2 is 2.05 bits per heavy atom. The first-order valence-electron chi connectivity index (χ1n) is 7.00. The van der Waals surface area contributed by atoms with Crippen LogP contribution in [0.15, 0.2) is 42.7 Å². The molecular formula is C16H16N4O2. The van der Waals surface area contributed by atoms with Crippen molar-refractivity contribution in [2.75, 3.05) is 11.9 Å². The van der Waals surface area contributed by atoms with Gasteiger partial charge in [-0.3, -0.25) is 4.68 Å². The number of aromatic nitrogens is 3. The molecule has 0 radical (unpaired) electrons. The number of nitrogens with zero attached hydrogens (tertiary/aromatic N) is 3. The zero-order chi connectivity index (χ0) is 15.5. The van der Waals surface area contributed by atoms with Crippen LogP contribution in [0.25, 0.3) is 11.0 Å². The van der Waals surface area contributed by atoms with Gasteiger partial charge in [0.25, 0.3) is 0 Å². The molecule has 112 valence electrons. The highest BCUT2D eigenvalue weighted by Crippen LogP contribution is 2.29. The Labute approximate surface area is 127 Å². The molecular weight excluding hydrogens is 280 g/mol. The maximum Gasteiger partial charge on any atom is 0.341 e. The predicted octanol–water partition coefficient (Wildman–Crippen LogP) is 2.89. The molecule has 1 aromatic carbocycles. The zero-order valence-corrected chi connectivity index (χ0v) is 12.4. The lowest BCUT2D eigenvalue weighted by molar-refractivity contribution is 0.0527. The molecule has 3 aromatic rings. The van der Waals surface area contributed by atoms with Gasteiger partial charge in [0.2, 0.25) is 0 Å².